The molecule has 0 amide bonds. The van der Waals surface area contributed by atoms with Gasteiger partial charge in [-0.15, -0.1) is 0 Å². The molecule has 8 bridgehead atoms. The molecule has 0 N–H and O–H groups in total. The van der Waals surface area contributed by atoms with E-state index in [9.17, 15) is 19.2 Å². The summed E-state index contributed by atoms with van der Waals surface area (Å²) in [5, 5.41) is 0. The molecule has 40 heavy (non-hydrogen) atoms. The Balaban J connectivity index is 1.88. The zero-order valence-corrected chi connectivity index (χ0v) is 21.7. The van der Waals surface area contributed by atoms with Crippen LogP contribution in [0.2, 0.25) is 0 Å². The molecule has 0 saturated carbocycles. The van der Waals surface area contributed by atoms with Crippen LogP contribution in [0, 0.1) is 0 Å². The van der Waals surface area contributed by atoms with Crippen LogP contribution >= 0.6 is 0 Å². The van der Waals surface area contributed by atoms with Gasteiger partial charge in [-0.25, -0.2) is 39.1 Å². The van der Waals surface area contributed by atoms with Gasteiger partial charge in [0.25, 0.3) is 0 Å². The minimum Gasteiger partial charge on any atom is -0.465 e. The Hall–Kier alpha value is -5.52. The van der Waals surface area contributed by atoms with Crippen molar-refractivity contribution in [1.82, 2.24) is 0 Å². The van der Waals surface area contributed by atoms with E-state index in [2.05, 4.69) is 20.0 Å². The van der Waals surface area contributed by atoms with Crippen molar-refractivity contribution in [3.8, 4) is 0 Å². The molecular formula is C28H20N4O8. The molecule has 5 aliphatic rings. The number of carbonyl (C=O) groups excluding carboxylic acids is 4. The van der Waals surface area contributed by atoms with Gasteiger partial charge in [-0.3, -0.25) is 0 Å². The summed E-state index contributed by atoms with van der Waals surface area (Å²) in [7, 11) is 4.83. The molecule has 12 nitrogen and oxygen atoms in total. The maximum atomic E-state index is 12.9. The number of carbonyl (C=O) groups is 4. The SMILES string of the molecule is COC(=O)C1=C2C=CC(=N2)C(C(=O)OC)=C2C=CC(=N2)C(C(=O)OC)=C2C=CC(=N2)C(C(=O)OC)=C2C=CC1=N2. The molecule has 12 heteroatoms. The van der Waals surface area contributed by atoms with Gasteiger partial charge in [-0.2, -0.15) is 0 Å². The summed E-state index contributed by atoms with van der Waals surface area (Å²) in [6, 6.07) is 0. The van der Waals surface area contributed by atoms with Gasteiger partial charge in [0.2, 0.25) is 0 Å². The monoisotopic (exact) mass is 540 g/mol. The highest BCUT2D eigenvalue weighted by atomic mass is 16.5. The van der Waals surface area contributed by atoms with Crippen LogP contribution in [-0.2, 0) is 38.1 Å². The summed E-state index contributed by atoms with van der Waals surface area (Å²) >= 11 is 0. The molecule has 0 spiro atoms. The average molecular weight is 540 g/mol. The second-order valence-electron chi connectivity index (χ2n) is 8.33. The summed E-state index contributed by atoms with van der Waals surface area (Å²) in [5.74, 6) is -2.97. The molecule has 0 aliphatic carbocycles. The number of fused-ring (bicyclic) bond motifs is 4. The first-order valence-corrected chi connectivity index (χ1v) is 11.7. The van der Waals surface area contributed by atoms with E-state index in [1.807, 2.05) is 0 Å². The van der Waals surface area contributed by atoms with Crippen molar-refractivity contribution in [2.24, 2.45) is 20.0 Å². The van der Waals surface area contributed by atoms with E-state index in [-0.39, 0.29) is 67.9 Å². The molecule has 0 radical (unpaired) electrons. The number of methoxy groups -OCH3 is 4. The normalized spacial score (nSPS) is 18.7. The second kappa shape index (κ2) is 10.3. The largest absolute Gasteiger partial charge is 0.465 e. The Bertz CT molecular complexity index is 1430. The maximum absolute atomic E-state index is 12.9. The summed E-state index contributed by atoms with van der Waals surface area (Å²) in [6.45, 7) is 0. The van der Waals surface area contributed by atoms with Gasteiger partial charge < -0.3 is 18.9 Å². The second-order valence-corrected chi connectivity index (χ2v) is 8.33. The third-order valence-electron chi connectivity index (χ3n) is 6.17. The van der Waals surface area contributed by atoms with Crippen LogP contribution in [0.4, 0.5) is 0 Å². The van der Waals surface area contributed by atoms with Gasteiger partial charge in [-0.1, -0.05) is 0 Å². The number of allylic oxidation sites excluding steroid dienone is 8. The van der Waals surface area contributed by atoms with Crippen LogP contribution < -0.4 is 0 Å². The van der Waals surface area contributed by atoms with Crippen molar-refractivity contribution in [1.29, 1.82) is 0 Å². The summed E-state index contributed by atoms with van der Waals surface area (Å²) in [5.41, 5.74) is 1.21. The molecular weight excluding hydrogens is 520 g/mol. The highest BCUT2D eigenvalue weighted by Crippen LogP contribution is 2.31. The van der Waals surface area contributed by atoms with Gasteiger partial charge in [0.1, 0.15) is 22.3 Å². The Labute approximate surface area is 227 Å². The summed E-state index contributed by atoms with van der Waals surface area (Å²) < 4.78 is 19.9. The minimum atomic E-state index is -0.741. The molecule has 0 aromatic carbocycles. The first-order chi connectivity index (χ1) is 19.3. The third-order valence-corrected chi connectivity index (χ3v) is 6.17. The first kappa shape index (κ1) is 26.1. The quantitative estimate of drug-likeness (QED) is 0.386. The Morgan fingerprint density at radius 2 is 0.600 bits per heavy atom. The fraction of sp³-hybridized carbons (Fsp3) is 0.143. The standard InChI is InChI=1S/C28H20N4O8/c1-37-25(33)21-13-5-7-15(29-13)22(26(34)38-2)17-9-11-19(31-17)24(28(36)40-4)20-12-10-18(32-20)23(27(35)39-3)16-8-6-14(21)30-16/h5-12H,1-4H3. The van der Waals surface area contributed by atoms with Crippen LogP contribution in [0.3, 0.4) is 0 Å². The molecule has 200 valence electrons. The van der Waals surface area contributed by atoms with Crippen LogP contribution in [-0.4, -0.2) is 75.2 Å². The maximum Gasteiger partial charge on any atom is 0.342 e. The van der Waals surface area contributed by atoms with Gasteiger partial charge in [-0.05, 0) is 48.6 Å². The average Bonchev–Trinajstić information content (AvgIpc) is 3.78. The molecule has 5 heterocycles. The highest BCUT2D eigenvalue weighted by molar-refractivity contribution is 6.33. The predicted molar refractivity (Wildman–Crippen MR) is 142 cm³/mol. The molecule has 0 atom stereocenters. The highest BCUT2D eigenvalue weighted by Gasteiger charge is 2.32. The Morgan fingerprint density at radius 3 is 0.775 bits per heavy atom. The zero-order valence-electron chi connectivity index (χ0n) is 21.7. The van der Waals surface area contributed by atoms with Crippen molar-refractivity contribution in [3.63, 3.8) is 0 Å². The number of hydrogen-bond donors (Lipinski definition) is 0. The van der Waals surface area contributed by atoms with Crippen LogP contribution in [0.1, 0.15) is 0 Å². The topological polar surface area (TPSA) is 155 Å². The third kappa shape index (κ3) is 4.30. The van der Waals surface area contributed by atoms with Gasteiger partial charge >= 0.3 is 23.9 Å². The smallest absolute Gasteiger partial charge is 0.342 e. The van der Waals surface area contributed by atoms with Crippen LogP contribution in [0.25, 0.3) is 0 Å². The van der Waals surface area contributed by atoms with E-state index in [1.165, 1.54) is 77.0 Å². The molecule has 5 aliphatic heterocycles. The number of nitrogens with zero attached hydrogens (tertiary/aromatic N) is 4. The molecule has 0 fully saturated rings. The first-order valence-electron chi connectivity index (χ1n) is 11.7. The predicted octanol–water partition coefficient (Wildman–Crippen LogP) is 1.75. The van der Waals surface area contributed by atoms with Crippen molar-refractivity contribution in [2.45, 2.75) is 0 Å². The number of hydrogen-bond acceptors (Lipinski definition) is 12. The van der Waals surface area contributed by atoms with Crippen LogP contribution in [0.5, 0.6) is 0 Å². The molecule has 0 saturated heterocycles. The zero-order chi connectivity index (χ0) is 28.6. The lowest BCUT2D eigenvalue weighted by molar-refractivity contribution is -0.136. The van der Waals surface area contributed by atoms with E-state index in [0.29, 0.717) is 0 Å². The van der Waals surface area contributed by atoms with Gasteiger partial charge in [0.05, 0.1) is 74.1 Å². The Kier molecular flexibility index (Phi) is 6.74. The van der Waals surface area contributed by atoms with Crippen molar-refractivity contribution < 1.29 is 38.1 Å². The summed E-state index contributed by atoms with van der Waals surface area (Å²) in [6.07, 6.45) is 12.1. The number of esters is 4. The molecule has 0 aromatic heterocycles. The lowest BCUT2D eigenvalue weighted by Gasteiger charge is -2.09. The van der Waals surface area contributed by atoms with Gasteiger partial charge in [0, 0.05) is 0 Å². The molecule has 0 unspecified atom stereocenters. The van der Waals surface area contributed by atoms with E-state index in [0.717, 1.165) is 0 Å². The lowest BCUT2D eigenvalue weighted by Crippen LogP contribution is -2.17. The fourth-order valence-corrected chi connectivity index (χ4v) is 4.33. The summed E-state index contributed by atoms with van der Waals surface area (Å²) in [4.78, 5) is 69.5. The van der Waals surface area contributed by atoms with Crippen molar-refractivity contribution in [2.75, 3.05) is 28.4 Å². The van der Waals surface area contributed by atoms with Crippen molar-refractivity contribution >= 4 is 46.7 Å². The van der Waals surface area contributed by atoms with Crippen LogP contribution in [0.15, 0.2) is 114 Å². The van der Waals surface area contributed by atoms with Gasteiger partial charge in [0.15, 0.2) is 0 Å². The van der Waals surface area contributed by atoms with Crippen molar-refractivity contribution in [3.05, 3.63) is 93.7 Å². The van der Waals surface area contributed by atoms with E-state index < -0.39 is 23.9 Å². The molecule has 5 rings (SSSR count). The minimum absolute atomic E-state index is 0.00542. The molecule has 0 aromatic rings. The van der Waals surface area contributed by atoms with E-state index in [4.69, 9.17) is 18.9 Å². The fourth-order valence-electron chi connectivity index (χ4n) is 4.33. The number of ether oxygens (including phenoxy) is 4. The van der Waals surface area contributed by atoms with E-state index >= 15 is 0 Å². The number of rotatable bonds is 4. The number of aliphatic imine (C=N–C) groups is 4. The Morgan fingerprint density at radius 1 is 0.400 bits per heavy atom. The lowest BCUT2D eigenvalue weighted by atomic mass is 10.1. The van der Waals surface area contributed by atoms with E-state index in [1.54, 1.807) is 0 Å².